The fourth-order valence-corrected chi connectivity index (χ4v) is 1.76. The van der Waals surface area contributed by atoms with Crippen molar-refractivity contribution in [3.8, 4) is 5.75 Å². The summed E-state index contributed by atoms with van der Waals surface area (Å²) in [6.07, 6.45) is 0.274. The first kappa shape index (κ1) is 14.9. The lowest BCUT2D eigenvalue weighted by Gasteiger charge is -2.23. The lowest BCUT2D eigenvalue weighted by Crippen LogP contribution is -2.42. The molecule has 0 aliphatic rings. The van der Waals surface area contributed by atoms with Crippen molar-refractivity contribution >= 4 is 11.9 Å². The Kier molecular flexibility index (Phi) is 4.86. The van der Waals surface area contributed by atoms with Gasteiger partial charge in [0.05, 0.1) is 7.11 Å². The fourth-order valence-electron chi connectivity index (χ4n) is 1.76. The molecule has 0 spiro atoms. The molecule has 1 amide bonds. The Labute approximate surface area is 110 Å². The number of ether oxygens (including phenoxy) is 1. The standard InChI is InChI=1S/C13H16FNO4/c1-4-10(13(17)18)15(2)12(16)8-5-6-11(19-3)9(14)7-8/h5-7,10H,4H2,1-3H3,(H,17,18). The highest BCUT2D eigenvalue weighted by Crippen LogP contribution is 2.19. The van der Waals surface area contributed by atoms with E-state index in [0.29, 0.717) is 0 Å². The zero-order valence-electron chi connectivity index (χ0n) is 11.0. The van der Waals surface area contributed by atoms with Crippen LogP contribution in [0.2, 0.25) is 0 Å². The van der Waals surface area contributed by atoms with Crippen molar-refractivity contribution in [2.45, 2.75) is 19.4 Å². The summed E-state index contributed by atoms with van der Waals surface area (Å²) in [4.78, 5) is 24.1. The molecular formula is C13H16FNO4. The molecule has 1 aromatic carbocycles. The number of carbonyl (C=O) groups excluding carboxylic acids is 1. The van der Waals surface area contributed by atoms with Crippen LogP contribution < -0.4 is 4.74 Å². The second kappa shape index (κ2) is 6.17. The van der Waals surface area contributed by atoms with Gasteiger partial charge in [0.15, 0.2) is 11.6 Å². The molecule has 0 bridgehead atoms. The average Bonchev–Trinajstić information content (AvgIpc) is 2.37. The van der Waals surface area contributed by atoms with Gasteiger partial charge in [-0.2, -0.15) is 0 Å². The number of likely N-dealkylation sites (N-methyl/N-ethyl adjacent to an activating group) is 1. The van der Waals surface area contributed by atoms with Crippen LogP contribution >= 0.6 is 0 Å². The number of carbonyl (C=O) groups is 2. The molecule has 1 rings (SSSR count). The molecule has 5 nitrogen and oxygen atoms in total. The van der Waals surface area contributed by atoms with Crippen LogP contribution in [0.4, 0.5) is 4.39 Å². The zero-order chi connectivity index (χ0) is 14.6. The normalized spacial score (nSPS) is 11.8. The highest BCUT2D eigenvalue weighted by Gasteiger charge is 2.25. The Morgan fingerprint density at radius 3 is 2.53 bits per heavy atom. The summed E-state index contributed by atoms with van der Waals surface area (Å²) in [5, 5.41) is 8.99. The number of hydrogen-bond acceptors (Lipinski definition) is 3. The highest BCUT2D eigenvalue weighted by molar-refractivity contribution is 5.96. The van der Waals surface area contributed by atoms with E-state index in [-0.39, 0.29) is 17.7 Å². The first-order chi connectivity index (χ1) is 8.92. The molecular weight excluding hydrogens is 253 g/mol. The predicted molar refractivity (Wildman–Crippen MR) is 66.8 cm³/mol. The molecule has 1 atom stereocenters. The monoisotopic (exact) mass is 269 g/mol. The molecule has 6 heteroatoms. The topological polar surface area (TPSA) is 66.8 Å². The summed E-state index contributed by atoms with van der Waals surface area (Å²) in [6.45, 7) is 1.66. The van der Waals surface area contributed by atoms with Crippen molar-refractivity contribution in [1.82, 2.24) is 4.90 Å². The van der Waals surface area contributed by atoms with E-state index in [1.807, 2.05) is 0 Å². The van der Waals surface area contributed by atoms with E-state index >= 15 is 0 Å². The third-order valence-corrected chi connectivity index (χ3v) is 2.86. The number of methoxy groups -OCH3 is 1. The minimum Gasteiger partial charge on any atom is -0.494 e. The van der Waals surface area contributed by atoms with Crippen molar-refractivity contribution in [2.24, 2.45) is 0 Å². The number of aliphatic carboxylic acids is 1. The quantitative estimate of drug-likeness (QED) is 0.884. The van der Waals surface area contributed by atoms with Crippen LogP contribution in [0.25, 0.3) is 0 Å². The van der Waals surface area contributed by atoms with E-state index in [2.05, 4.69) is 0 Å². The van der Waals surface area contributed by atoms with Gasteiger partial charge in [-0.25, -0.2) is 9.18 Å². The molecule has 1 unspecified atom stereocenters. The van der Waals surface area contributed by atoms with Crippen molar-refractivity contribution in [3.63, 3.8) is 0 Å². The lowest BCUT2D eigenvalue weighted by atomic mass is 10.1. The molecule has 1 N–H and O–H groups in total. The molecule has 0 heterocycles. The number of carboxylic acid groups (broad SMARTS) is 1. The molecule has 1 aromatic rings. The first-order valence-corrected chi connectivity index (χ1v) is 5.75. The average molecular weight is 269 g/mol. The minimum absolute atomic E-state index is 0.0319. The maximum absolute atomic E-state index is 13.5. The van der Waals surface area contributed by atoms with Gasteiger partial charge >= 0.3 is 5.97 Å². The van der Waals surface area contributed by atoms with E-state index in [1.165, 1.54) is 26.3 Å². The lowest BCUT2D eigenvalue weighted by molar-refractivity contribution is -0.142. The largest absolute Gasteiger partial charge is 0.494 e. The Hall–Kier alpha value is -2.11. The Morgan fingerprint density at radius 2 is 2.11 bits per heavy atom. The summed E-state index contributed by atoms with van der Waals surface area (Å²) in [5.41, 5.74) is 0.0838. The van der Waals surface area contributed by atoms with E-state index in [0.717, 1.165) is 11.0 Å². The number of halogens is 1. The van der Waals surface area contributed by atoms with Gasteiger partial charge in [0, 0.05) is 12.6 Å². The number of rotatable bonds is 5. The molecule has 0 saturated carbocycles. The molecule has 0 fully saturated rings. The SMILES string of the molecule is CCC(C(=O)O)N(C)C(=O)c1ccc(OC)c(F)c1. The van der Waals surface area contributed by atoms with Crippen LogP contribution in [0.15, 0.2) is 18.2 Å². The van der Waals surface area contributed by atoms with Gasteiger partial charge < -0.3 is 14.7 Å². The van der Waals surface area contributed by atoms with Gasteiger partial charge in [-0.1, -0.05) is 6.92 Å². The highest BCUT2D eigenvalue weighted by atomic mass is 19.1. The van der Waals surface area contributed by atoms with Gasteiger partial charge in [0.2, 0.25) is 0 Å². The number of hydrogen-bond donors (Lipinski definition) is 1. The number of nitrogens with zero attached hydrogens (tertiary/aromatic N) is 1. The predicted octanol–water partition coefficient (Wildman–Crippen LogP) is 1.77. The maximum Gasteiger partial charge on any atom is 0.326 e. The summed E-state index contributed by atoms with van der Waals surface area (Å²) in [5.74, 6) is -2.27. The summed E-state index contributed by atoms with van der Waals surface area (Å²) < 4.78 is 18.3. The molecule has 0 aliphatic carbocycles. The van der Waals surface area contributed by atoms with Gasteiger partial charge in [-0.3, -0.25) is 4.79 Å². The van der Waals surface area contributed by atoms with Gasteiger partial charge in [-0.15, -0.1) is 0 Å². The van der Waals surface area contributed by atoms with Gasteiger partial charge in [-0.05, 0) is 24.6 Å². The second-order valence-corrected chi connectivity index (χ2v) is 4.03. The van der Waals surface area contributed by atoms with Crippen LogP contribution in [-0.2, 0) is 4.79 Å². The molecule has 104 valence electrons. The van der Waals surface area contributed by atoms with Gasteiger partial charge in [0.25, 0.3) is 5.91 Å². The first-order valence-electron chi connectivity index (χ1n) is 5.75. The molecule has 0 aromatic heterocycles. The summed E-state index contributed by atoms with van der Waals surface area (Å²) in [7, 11) is 2.70. The summed E-state index contributed by atoms with van der Waals surface area (Å²) >= 11 is 0. The van der Waals surface area contributed by atoms with Crippen LogP contribution in [0.5, 0.6) is 5.75 Å². The fraction of sp³-hybridized carbons (Fsp3) is 0.385. The Bertz CT molecular complexity index is 490. The molecule has 19 heavy (non-hydrogen) atoms. The third kappa shape index (κ3) is 3.21. The summed E-state index contributed by atoms with van der Waals surface area (Å²) in [6, 6.07) is 2.83. The van der Waals surface area contributed by atoms with Crippen molar-refractivity contribution < 1.29 is 23.8 Å². The van der Waals surface area contributed by atoms with E-state index in [4.69, 9.17) is 9.84 Å². The number of carboxylic acids is 1. The van der Waals surface area contributed by atoms with Crippen LogP contribution in [-0.4, -0.2) is 42.1 Å². The van der Waals surface area contributed by atoms with Crippen LogP contribution in [0.3, 0.4) is 0 Å². The van der Waals surface area contributed by atoms with Crippen LogP contribution in [0, 0.1) is 5.82 Å². The minimum atomic E-state index is -1.09. The Balaban J connectivity index is 3.00. The molecule has 0 radical (unpaired) electrons. The van der Waals surface area contributed by atoms with E-state index in [1.54, 1.807) is 6.92 Å². The maximum atomic E-state index is 13.5. The van der Waals surface area contributed by atoms with Crippen molar-refractivity contribution in [2.75, 3.05) is 14.2 Å². The molecule has 0 aliphatic heterocycles. The van der Waals surface area contributed by atoms with E-state index in [9.17, 15) is 14.0 Å². The zero-order valence-corrected chi connectivity index (χ0v) is 11.0. The van der Waals surface area contributed by atoms with Crippen molar-refractivity contribution in [1.29, 1.82) is 0 Å². The van der Waals surface area contributed by atoms with E-state index < -0.39 is 23.7 Å². The van der Waals surface area contributed by atoms with Crippen molar-refractivity contribution in [3.05, 3.63) is 29.6 Å². The van der Waals surface area contributed by atoms with Gasteiger partial charge in [0.1, 0.15) is 6.04 Å². The number of amides is 1. The molecule has 0 saturated heterocycles. The van der Waals surface area contributed by atoms with Crippen LogP contribution in [0.1, 0.15) is 23.7 Å². The second-order valence-electron chi connectivity index (χ2n) is 4.03. The smallest absolute Gasteiger partial charge is 0.326 e. The Morgan fingerprint density at radius 1 is 1.47 bits per heavy atom. The third-order valence-electron chi connectivity index (χ3n) is 2.86. The number of benzene rings is 1.